The lowest BCUT2D eigenvalue weighted by Gasteiger charge is -2.42. The predicted octanol–water partition coefficient (Wildman–Crippen LogP) is 2.26. The maximum absolute atomic E-state index is 13.5. The van der Waals surface area contributed by atoms with Crippen molar-refractivity contribution >= 4 is 17.5 Å². The molecule has 3 fully saturated rings. The van der Waals surface area contributed by atoms with Gasteiger partial charge in [-0.15, -0.1) is 0 Å². The number of hydrogen-bond donors (Lipinski definition) is 1. The number of hydrogen-bond acceptors (Lipinski definition) is 5. The molecule has 0 aliphatic carbocycles. The van der Waals surface area contributed by atoms with Crippen LogP contribution in [-0.4, -0.2) is 58.1 Å². The third-order valence-corrected chi connectivity index (χ3v) is 6.22. The van der Waals surface area contributed by atoms with E-state index in [2.05, 4.69) is 10.3 Å². The molecule has 4 heterocycles. The van der Waals surface area contributed by atoms with Crippen molar-refractivity contribution in [2.24, 2.45) is 0 Å². The van der Waals surface area contributed by atoms with Gasteiger partial charge in [0.25, 0.3) is 5.91 Å². The second kappa shape index (κ2) is 7.15. The van der Waals surface area contributed by atoms with Crippen LogP contribution in [0.3, 0.4) is 0 Å². The first kappa shape index (κ1) is 18.1. The smallest absolute Gasteiger partial charge is 0.256 e. The minimum absolute atomic E-state index is 0.0557. The number of pyridine rings is 1. The number of likely N-dealkylation sites (tertiary alicyclic amines) is 1. The number of carbonyl (C=O) groups is 2. The second-order valence-corrected chi connectivity index (χ2v) is 7.78. The molecule has 1 spiro atoms. The number of aromatic nitrogens is 1. The third-order valence-electron chi connectivity index (χ3n) is 6.22. The van der Waals surface area contributed by atoms with Gasteiger partial charge in [-0.3, -0.25) is 14.6 Å². The molecule has 29 heavy (non-hydrogen) atoms. The summed E-state index contributed by atoms with van der Waals surface area (Å²) in [5.41, 5.74) is 1.67. The van der Waals surface area contributed by atoms with Gasteiger partial charge in [-0.25, -0.2) is 0 Å². The van der Waals surface area contributed by atoms with Crippen molar-refractivity contribution in [3.8, 4) is 0 Å². The van der Waals surface area contributed by atoms with Crippen molar-refractivity contribution in [1.82, 2.24) is 14.8 Å². The summed E-state index contributed by atoms with van der Waals surface area (Å²) in [5.74, 6) is 0.0357. The van der Waals surface area contributed by atoms with E-state index >= 15 is 0 Å². The summed E-state index contributed by atoms with van der Waals surface area (Å²) in [4.78, 5) is 34.0. The van der Waals surface area contributed by atoms with Crippen LogP contribution in [0, 0.1) is 0 Å². The highest BCUT2D eigenvalue weighted by atomic mass is 16.5. The molecule has 150 valence electrons. The number of para-hydroxylation sites is 1. The first-order chi connectivity index (χ1) is 14.2. The standard InChI is InChI=1S/C22H24N4O3/c27-20-14-19-22(26(20)11-5-13-29-22)9-12-25(19)21(28)17-7-1-2-8-18(17)24-15-16-6-3-4-10-23-16/h1-4,6-8,10,19,24H,5,9,11-15H2/t19-,22+/m1/s1. The minimum Gasteiger partial charge on any atom is -0.379 e. The van der Waals surface area contributed by atoms with Gasteiger partial charge in [0.05, 0.1) is 36.9 Å². The zero-order valence-electron chi connectivity index (χ0n) is 16.2. The van der Waals surface area contributed by atoms with Gasteiger partial charge in [-0.1, -0.05) is 18.2 Å². The lowest BCUT2D eigenvalue weighted by atomic mass is 10.0. The quantitative estimate of drug-likeness (QED) is 0.864. The van der Waals surface area contributed by atoms with E-state index in [9.17, 15) is 9.59 Å². The second-order valence-electron chi connectivity index (χ2n) is 7.78. The molecule has 1 N–H and O–H groups in total. The van der Waals surface area contributed by atoms with Crippen LogP contribution < -0.4 is 5.32 Å². The van der Waals surface area contributed by atoms with Crippen LogP contribution in [0.4, 0.5) is 5.69 Å². The molecule has 0 saturated carbocycles. The molecule has 2 atom stereocenters. The number of nitrogens with zero attached hydrogens (tertiary/aromatic N) is 3. The number of nitrogens with one attached hydrogen (secondary N) is 1. The molecular formula is C22H24N4O3. The van der Waals surface area contributed by atoms with E-state index in [1.54, 1.807) is 6.20 Å². The van der Waals surface area contributed by atoms with Crippen molar-refractivity contribution in [1.29, 1.82) is 0 Å². The first-order valence-corrected chi connectivity index (χ1v) is 10.2. The van der Waals surface area contributed by atoms with Crippen molar-refractivity contribution in [2.45, 2.75) is 37.6 Å². The van der Waals surface area contributed by atoms with E-state index in [-0.39, 0.29) is 17.9 Å². The summed E-state index contributed by atoms with van der Waals surface area (Å²) in [7, 11) is 0. The summed E-state index contributed by atoms with van der Waals surface area (Å²) in [6, 6.07) is 13.1. The Morgan fingerprint density at radius 1 is 1.21 bits per heavy atom. The monoisotopic (exact) mass is 392 g/mol. The highest BCUT2D eigenvalue weighted by Gasteiger charge is 2.61. The molecule has 5 rings (SSSR count). The van der Waals surface area contributed by atoms with Gasteiger partial charge >= 0.3 is 0 Å². The van der Waals surface area contributed by atoms with Gasteiger partial charge in [-0.2, -0.15) is 0 Å². The lowest BCUT2D eigenvalue weighted by molar-refractivity contribution is -0.179. The number of ether oxygens (including phenoxy) is 1. The maximum Gasteiger partial charge on any atom is 0.256 e. The number of rotatable bonds is 4. The molecule has 1 aromatic heterocycles. The fraction of sp³-hybridized carbons (Fsp3) is 0.409. The van der Waals surface area contributed by atoms with Crippen molar-refractivity contribution in [3.63, 3.8) is 0 Å². The molecule has 0 bridgehead atoms. The van der Waals surface area contributed by atoms with E-state index < -0.39 is 5.72 Å². The topological polar surface area (TPSA) is 74.8 Å². The maximum atomic E-state index is 13.5. The fourth-order valence-electron chi connectivity index (χ4n) is 4.86. The Balaban J connectivity index is 1.38. The van der Waals surface area contributed by atoms with Crippen LogP contribution in [0.1, 0.15) is 35.3 Å². The normalized spacial score (nSPS) is 25.7. The number of amides is 2. The van der Waals surface area contributed by atoms with Crippen LogP contribution in [0.2, 0.25) is 0 Å². The lowest BCUT2D eigenvalue weighted by Crippen LogP contribution is -2.56. The molecule has 3 saturated heterocycles. The number of benzene rings is 1. The van der Waals surface area contributed by atoms with Gasteiger partial charge < -0.3 is 19.9 Å². The van der Waals surface area contributed by atoms with Gasteiger partial charge in [0.1, 0.15) is 0 Å². The van der Waals surface area contributed by atoms with Crippen LogP contribution in [-0.2, 0) is 16.1 Å². The number of carbonyl (C=O) groups excluding carboxylic acids is 2. The Hall–Kier alpha value is -2.93. The van der Waals surface area contributed by atoms with Gasteiger partial charge in [0, 0.05) is 31.4 Å². The largest absolute Gasteiger partial charge is 0.379 e. The summed E-state index contributed by atoms with van der Waals surface area (Å²) >= 11 is 0. The van der Waals surface area contributed by atoms with E-state index in [0.717, 1.165) is 24.3 Å². The highest BCUT2D eigenvalue weighted by molar-refractivity contribution is 6.00. The van der Waals surface area contributed by atoms with E-state index in [4.69, 9.17) is 4.74 Å². The Morgan fingerprint density at radius 3 is 2.93 bits per heavy atom. The summed E-state index contributed by atoms with van der Waals surface area (Å²) in [5, 5.41) is 3.34. The number of anilines is 1. The summed E-state index contributed by atoms with van der Waals surface area (Å²) < 4.78 is 6.12. The molecule has 2 aromatic rings. The zero-order valence-corrected chi connectivity index (χ0v) is 16.2. The van der Waals surface area contributed by atoms with Gasteiger partial charge in [-0.05, 0) is 30.7 Å². The Labute approximate surface area is 169 Å². The average molecular weight is 392 g/mol. The minimum atomic E-state index is -0.624. The highest BCUT2D eigenvalue weighted by Crippen LogP contribution is 2.45. The van der Waals surface area contributed by atoms with Gasteiger partial charge in [0.2, 0.25) is 5.91 Å². The van der Waals surface area contributed by atoms with Crippen molar-refractivity contribution in [2.75, 3.05) is 25.0 Å². The molecule has 3 aliphatic heterocycles. The van der Waals surface area contributed by atoms with Crippen LogP contribution in [0.15, 0.2) is 48.7 Å². The SMILES string of the molecule is O=C(c1ccccc1NCc1ccccn1)N1CC[C@@]23OCCCN2C(=O)C[C@@H]13. The zero-order chi connectivity index (χ0) is 19.8. The Bertz CT molecular complexity index is 935. The molecule has 7 heteroatoms. The molecule has 0 unspecified atom stereocenters. The van der Waals surface area contributed by atoms with Crippen molar-refractivity contribution in [3.05, 3.63) is 59.9 Å². The van der Waals surface area contributed by atoms with E-state index in [1.807, 2.05) is 52.3 Å². The van der Waals surface area contributed by atoms with Crippen LogP contribution in [0.5, 0.6) is 0 Å². The molecular weight excluding hydrogens is 368 g/mol. The Kier molecular flexibility index (Phi) is 4.47. The fourth-order valence-corrected chi connectivity index (χ4v) is 4.86. The van der Waals surface area contributed by atoms with Crippen LogP contribution >= 0.6 is 0 Å². The third kappa shape index (κ3) is 2.97. The van der Waals surface area contributed by atoms with E-state index in [0.29, 0.717) is 38.1 Å². The molecule has 7 nitrogen and oxygen atoms in total. The van der Waals surface area contributed by atoms with Gasteiger partial charge in [0.15, 0.2) is 5.72 Å². The molecule has 0 radical (unpaired) electrons. The molecule has 3 aliphatic rings. The van der Waals surface area contributed by atoms with Crippen LogP contribution in [0.25, 0.3) is 0 Å². The van der Waals surface area contributed by atoms with Crippen molar-refractivity contribution < 1.29 is 14.3 Å². The summed E-state index contributed by atoms with van der Waals surface area (Å²) in [6.45, 7) is 2.50. The van der Waals surface area contributed by atoms with E-state index in [1.165, 1.54) is 0 Å². The molecule has 2 amide bonds. The first-order valence-electron chi connectivity index (χ1n) is 10.2. The average Bonchev–Trinajstić information content (AvgIpc) is 3.25. The predicted molar refractivity (Wildman–Crippen MR) is 107 cm³/mol. The Morgan fingerprint density at radius 2 is 2.07 bits per heavy atom. The summed E-state index contributed by atoms with van der Waals surface area (Å²) in [6.07, 6.45) is 3.63. The molecule has 1 aromatic carbocycles.